The van der Waals surface area contributed by atoms with Crippen LogP contribution in [-0.2, 0) is 0 Å². The zero-order valence-corrected chi connectivity index (χ0v) is 14.3. The van der Waals surface area contributed by atoms with Crippen molar-refractivity contribution in [1.29, 1.82) is 0 Å². The first-order valence-electron chi connectivity index (χ1n) is 8.53. The molecule has 0 bridgehead atoms. The molecule has 6 heteroatoms. The summed E-state index contributed by atoms with van der Waals surface area (Å²) in [6.45, 7) is 2.11. The number of hydrogen-bond acceptors (Lipinski definition) is 4. The number of halogens is 1. The van der Waals surface area contributed by atoms with E-state index in [-0.39, 0.29) is 11.9 Å². The zero-order chi connectivity index (χ0) is 17.9. The SMILES string of the molecule is CC[C@H](Nc1cc(-c2ccc(F)cc2)nc2ccnn12)c1ccccn1. The molecule has 0 saturated carbocycles. The Labute approximate surface area is 150 Å². The van der Waals surface area contributed by atoms with Crippen LogP contribution in [0.2, 0.25) is 0 Å². The van der Waals surface area contributed by atoms with Crippen LogP contribution in [0.5, 0.6) is 0 Å². The average molecular weight is 347 g/mol. The highest BCUT2D eigenvalue weighted by Crippen LogP contribution is 2.26. The van der Waals surface area contributed by atoms with Gasteiger partial charge in [-0.25, -0.2) is 9.37 Å². The van der Waals surface area contributed by atoms with E-state index in [1.54, 1.807) is 29.0 Å². The van der Waals surface area contributed by atoms with Crippen LogP contribution in [0.1, 0.15) is 25.1 Å². The number of nitrogens with one attached hydrogen (secondary N) is 1. The van der Waals surface area contributed by atoms with E-state index in [1.807, 2.05) is 30.3 Å². The van der Waals surface area contributed by atoms with E-state index >= 15 is 0 Å². The zero-order valence-electron chi connectivity index (χ0n) is 14.3. The van der Waals surface area contributed by atoms with Crippen LogP contribution < -0.4 is 5.32 Å². The molecular formula is C20H18FN5. The first-order valence-corrected chi connectivity index (χ1v) is 8.53. The Kier molecular flexibility index (Phi) is 4.31. The van der Waals surface area contributed by atoms with Gasteiger partial charge in [0.1, 0.15) is 11.6 Å². The van der Waals surface area contributed by atoms with E-state index in [1.165, 1.54) is 12.1 Å². The predicted molar refractivity (Wildman–Crippen MR) is 99.3 cm³/mol. The lowest BCUT2D eigenvalue weighted by atomic mass is 10.1. The van der Waals surface area contributed by atoms with Crippen LogP contribution in [0.25, 0.3) is 16.9 Å². The molecule has 0 fully saturated rings. The fourth-order valence-electron chi connectivity index (χ4n) is 2.93. The molecule has 0 unspecified atom stereocenters. The maximum Gasteiger partial charge on any atom is 0.157 e. The van der Waals surface area contributed by atoms with Crippen LogP contribution in [0.3, 0.4) is 0 Å². The molecule has 5 nitrogen and oxygen atoms in total. The summed E-state index contributed by atoms with van der Waals surface area (Å²) in [6, 6.07) is 16.0. The highest BCUT2D eigenvalue weighted by molar-refractivity contribution is 5.66. The first-order chi connectivity index (χ1) is 12.7. The molecule has 0 amide bonds. The van der Waals surface area contributed by atoms with Crippen molar-refractivity contribution >= 4 is 11.5 Å². The van der Waals surface area contributed by atoms with Crippen LogP contribution in [0.4, 0.5) is 10.2 Å². The summed E-state index contributed by atoms with van der Waals surface area (Å²) in [7, 11) is 0. The lowest BCUT2D eigenvalue weighted by Gasteiger charge is -2.19. The largest absolute Gasteiger partial charge is 0.362 e. The van der Waals surface area contributed by atoms with Gasteiger partial charge in [-0.1, -0.05) is 13.0 Å². The van der Waals surface area contributed by atoms with Crippen molar-refractivity contribution < 1.29 is 4.39 Å². The van der Waals surface area contributed by atoms with Crippen molar-refractivity contribution in [3.05, 3.63) is 78.5 Å². The second-order valence-electron chi connectivity index (χ2n) is 5.99. The lowest BCUT2D eigenvalue weighted by molar-refractivity contribution is 0.628. The quantitative estimate of drug-likeness (QED) is 0.578. The summed E-state index contributed by atoms with van der Waals surface area (Å²) in [5, 5.41) is 7.88. The third-order valence-electron chi connectivity index (χ3n) is 4.27. The molecule has 4 aromatic rings. The van der Waals surface area contributed by atoms with Crippen molar-refractivity contribution in [3.8, 4) is 11.3 Å². The van der Waals surface area contributed by atoms with E-state index in [4.69, 9.17) is 0 Å². The third kappa shape index (κ3) is 3.13. The molecule has 0 aliphatic rings. The summed E-state index contributed by atoms with van der Waals surface area (Å²) in [5.74, 6) is 0.551. The maximum absolute atomic E-state index is 13.2. The van der Waals surface area contributed by atoms with E-state index in [0.717, 1.165) is 34.8 Å². The van der Waals surface area contributed by atoms with Gasteiger partial charge in [-0.05, 0) is 42.8 Å². The van der Waals surface area contributed by atoms with Gasteiger partial charge in [0, 0.05) is 23.9 Å². The fourth-order valence-corrected chi connectivity index (χ4v) is 2.93. The Morgan fingerprint density at radius 2 is 1.92 bits per heavy atom. The highest BCUT2D eigenvalue weighted by Gasteiger charge is 2.14. The highest BCUT2D eigenvalue weighted by atomic mass is 19.1. The van der Waals surface area contributed by atoms with Gasteiger partial charge in [-0.3, -0.25) is 4.98 Å². The summed E-state index contributed by atoms with van der Waals surface area (Å²) >= 11 is 0. The molecule has 130 valence electrons. The fraction of sp³-hybridized carbons (Fsp3) is 0.150. The average Bonchev–Trinajstić information content (AvgIpc) is 3.16. The van der Waals surface area contributed by atoms with Crippen LogP contribution >= 0.6 is 0 Å². The first kappa shape index (κ1) is 16.2. The summed E-state index contributed by atoms with van der Waals surface area (Å²) in [5.41, 5.74) is 3.31. The predicted octanol–water partition coefficient (Wildman–Crippen LogP) is 4.49. The number of nitrogens with zero attached hydrogens (tertiary/aromatic N) is 4. The van der Waals surface area contributed by atoms with Gasteiger partial charge in [0.15, 0.2) is 5.65 Å². The second kappa shape index (κ2) is 6.92. The standard InChI is InChI=1S/C20H18FN5/c1-2-16(17-5-3-4-11-22-17)24-20-13-18(14-6-8-15(21)9-7-14)25-19-10-12-23-26(19)20/h3-13,16,24H,2H2,1H3/t16-/m0/s1. The molecule has 3 heterocycles. The van der Waals surface area contributed by atoms with E-state index in [0.29, 0.717) is 0 Å². The Morgan fingerprint density at radius 1 is 1.08 bits per heavy atom. The number of benzene rings is 1. The molecular weight excluding hydrogens is 329 g/mol. The van der Waals surface area contributed by atoms with Crippen LogP contribution in [0.15, 0.2) is 67.0 Å². The number of aromatic nitrogens is 4. The van der Waals surface area contributed by atoms with Crippen molar-refractivity contribution in [1.82, 2.24) is 19.6 Å². The maximum atomic E-state index is 13.2. The molecule has 1 atom stereocenters. The van der Waals surface area contributed by atoms with Crippen molar-refractivity contribution in [3.63, 3.8) is 0 Å². The van der Waals surface area contributed by atoms with Gasteiger partial charge >= 0.3 is 0 Å². The molecule has 0 radical (unpaired) electrons. The smallest absolute Gasteiger partial charge is 0.157 e. The molecule has 1 N–H and O–H groups in total. The van der Waals surface area contributed by atoms with Gasteiger partial charge in [0.2, 0.25) is 0 Å². The Morgan fingerprint density at radius 3 is 2.65 bits per heavy atom. The number of anilines is 1. The molecule has 0 spiro atoms. The van der Waals surface area contributed by atoms with Gasteiger partial charge in [0.05, 0.1) is 23.6 Å². The van der Waals surface area contributed by atoms with Gasteiger partial charge < -0.3 is 5.32 Å². The molecule has 4 rings (SSSR count). The minimum atomic E-state index is -0.265. The van der Waals surface area contributed by atoms with Crippen LogP contribution in [0, 0.1) is 5.82 Å². The molecule has 1 aromatic carbocycles. The second-order valence-corrected chi connectivity index (χ2v) is 5.99. The van der Waals surface area contributed by atoms with E-state index < -0.39 is 0 Å². The summed E-state index contributed by atoms with van der Waals surface area (Å²) < 4.78 is 15.0. The van der Waals surface area contributed by atoms with Gasteiger partial charge in [-0.15, -0.1) is 0 Å². The van der Waals surface area contributed by atoms with E-state index in [9.17, 15) is 4.39 Å². The lowest BCUT2D eigenvalue weighted by Crippen LogP contribution is -2.14. The van der Waals surface area contributed by atoms with Crippen LogP contribution in [-0.4, -0.2) is 19.6 Å². The number of pyridine rings is 1. The van der Waals surface area contributed by atoms with Crippen molar-refractivity contribution in [2.75, 3.05) is 5.32 Å². The Hall–Kier alpha value is -3.28. The molecule has 3 aromatic heterocycles. The normalized spacial score (nSPS) is 12.2. The Balaban J connectivity index is 1.76. The topological polar surface area (TPSA) is 55.1 Å². The van der Waals surface area contributed by atoms with Gasteiger partial charge in [0.25, 0.3) is 0 Å². The molecule has 0 saturated heterocycles. The summed E-state index contributed by atoms with van der Waals surface area (Å²) in [6.07, 6.45) is 4.37. The van der Waals surface area contributed by atoms with Gasteiger partial charge in [-0.2, -0.15) is 9.61 Å². The third-order valence-corrected chi connectivity index (χ3v) is 4.27. The number of rotatable bonds is 5. The van der Waals surface area contributed by atoms with Crippen molar-refractivity contribution in [2.45, 2.75) is 19.4 Å². The van der Waals surface area contributed by atoms with Crippen molar-refractivity contribution in [2.24, 2.45) is 0 Å². The molecule has 0 aliphatic carbocycles. The minimum Gasteiger partial charge on any atom is -0.362 e. The minimum absolute atomic E-state index is 0.0482. The van der Waals surface area contributed by atoms with E-state index in [2.05, 4.69) is 27.3 Å². The molecule has 0 aliphatic heterocycles. The monoisotopic (exact) mass is 347 g/mol. The Bertz CT molecular complexity index is 1010. The molecule has 26 heavy (non-hydrogen) atoms. The number of hydrogen-bond donors (Lipinski definition) is 1. The number of fused-ring (bicyclic) bond motifs is 1. The summed E-state index contributed by atoms with van der Waals surface area (Å²) in [4.78, 5) is 9.08.